The molecule has 16 nitrogen and oxygen atoms in total. The molecule has 0 amide bonds. The molecule has 3 rings (SSSR count). The van der Waals surface area contributed by atoms with Crippen molar-refractivity contribution in [2.45, 2.75) is 111 Å². The lowest BCUT2D eigenvalue weighted by Crippen LogP contribution is -2.67. The molecule has 16 atom stereocenters. The van der Waals surface area contributed by atoms with Crippen LogP contribution in [0.2, 0.25) is 0 Å². The summed E-state index contributed by atoms with van der Waals surface area (Å²) < 4.78 is 15.3. The zero-order chi connectivity index (χ0) is 27.5. The van der Waals surface area contributed by atoms with Gasteiger partial charge in [0.05, 0.1) is 19.3 Å². The lowest BCUT2D eigenvalue weighted by Gasteiger charge is -2.45. The Balaban J connectivity index is 0.000000297. The molecule has 16 heteroatoms. The van der Waals surface area contributed by atoms with Crippen LogP contribution in [0.3, 0.4) is 0 Å². The molecule has 2 heterocycles. The topological polar surface area (TPSA) is 291 Å². The molecular weight excluding hydrogens is 496 g/mol. The van der Waals surface area contributed by atoms with Gasteiger partial charge in [-0.25, -0.2) is 0 Å². The fourth-order valence-electron chi connectivity index (χ4n) is 4.21. The summed E-state index contributed by atoms with van der Waals surface area (Å²) in [5, 5.41) is 123. The summed E-state index contributed by atoms with van der Waals surface area (Å²) in [4.78, 5) is 0. The largest absolute Gasteiger partial charge is 0.394 e. The van der Waals surface area contributed by atoms with Gasteiger partial charge in [0.1, 0.15) is 85.5 Å². The van der Waals surface area contributed by atoms with Crippen molar-refractivity contribution in [3.05, 3.63) is 0 Å². The van der Waals surface area contributed by atoms with Gasteiger partial charge in [-0.3, -0.25) is 0 Å². The first kappa shape index (κ1) is 31.6. The van der Waals surface area contributed by atoms with Gasteiger partial charge in [-0.15, -0.1) is 0 Å². The van der Waals surface area contributed by atoms with E-state index in [0.717, 1.165) is 0 Å². The number of rotatable bonds is 5. The summed E-state index contributed by atoms with van der Waals surface area (Å²) in [7, 11) is 0. The second kappa shape index (κ2) is 13.4. The minimum Gasteiger partial charge on any atom is -0.394 e. The van der Waals surface area contributed by atoms with Gasteiger partial charge in [-0.2, -0.15) is 0 Å². The van der Waals surface area contributed by atoms with E-state index in [1.807, 2.05) is 0 Å². The summed E-state index contributed by atoms with van der Waals surface area (Å²) in [6, 6.07) is 0. The van der Waals surface area contributed by atoms with Gasteiger partial charge >= 0.3 is 0 Å². The predicted molar refractivity (Wildman–Crippen MR) is 113 cm³/mol. The van der Waals surface area contributed by atoms with Gasteiger partial charge in [0.2, 0.25) is 0 Å². The maximum absolute atomic E-state index is 9.85. The van der Waals surface area contributed by atoms with E-state index in [2.05, 4.69) is 0 Å². The average Bonchev–Trinajstić information content (AvgIpc) is 2.88. The molecule has 0 aromatic rings. The highest BCUT2D eigenvalue weighted by molar-refractivity contribution is 5.00. The van der Waals surface area contributed by atoms with Crippen molar-refractivity contribution < 1.29 is 80.6 Å². The van der Waals surface area contributed by atoms with Crippen molar-refractivity contribution in [2.75, 3.05) is 13.2 Å². The third-order valence-electron chi connectivity index (χ3n) is 6.61. The fourth-order valence-corrected chi connectivity index (χ4v) is 4.21. The normalized spacial score (nSPS) is 51.8. The molecule has 0 bridgehead atoms. The monoisotopic (exact) mass is 534 g/mol. The van der Waals surface area contributed by atoms with Crippen LogP contribution in [-0.2, 0) is 14.2 Å². The van der Waals surface area contributed by atoms with E-state index < -0.39 is 104 Å². The Bertz CT molecular complexity index is 619. The molecule has 13 N–H and O–H groups in total. The second-order valence-corrected chi connectivity index (χ2v) is 9.03. The van der Waals surface area contributed by atoms with Gasteiger partial charge in [-0.1, -0.05) is 6.92 Å². The molecule has 36 heavy (non-hydrogen) atoms. The molecule has 0 aromatic heterocycles. The Morgan fingerprint density at radius 2 is 0.833 bits per heavy atom. The van der Waals surface area contributed by atoms with Crippen LogP contribution in [0.15, 0.2) is 0 Å². The fraction of sp³-hybridized carbons (Fsp3) is 1.00. The summed E-state index contributed by atoms with van der Waals surface area (Å²) in [6.07, 6.45) is -23.2. The van der Waals surface area contributed by atoms with Gasteiger partial charge in [0, 0.05) is 0 Å². The second-order valence-electron chi connectivity index (χ2n) is 9.03. The molecule has 214 valence electrons. The molecule has 0 spiro atoms. The standard InChI is InChI=1S/C12H22O11.C8H16O5/c13-1-2-3(14)4(15)10(21)12(22-2)23-11-8(19)6(17)5(16)7(18)9(11)20;1-2-4-6(10)8(12)7(11)5(3-9)13-4/h2-21H,1H2;4-12H,2-3H2,1H3/t2?,3-,4+,5?,6?,7?,8-,9?,10?,11?,12-;4-,5?,6?,7+,8+/m01/s1. The van der Waals surface area contributed by atoms with Crippen molar-refractivity contribution in [3.63, 3.8) is 0 Å². The summed E-state index contributed by atoms with van der Waals surface area (Å²) in [5.41, 5.74) is 0. The minimum absolute atomic E-state index is 0.360. The third kappa shape index (κ3) is 6.49. The Labute approximate surface area is 205 Å². The maximum atomic E-state index is 9.85. The number of hydrogen-bond donors (Lipinski definition) is 13. The van der Waals surface area contributed by atoms with E-state index in [-0.39, 0.29) is 6.61 Å². The Hall–Kier alpha value is -0.640. The number of aliphatic hydroxyl groups excluding tert-OH is 13. The molecule has 3 aliphatic rings. The average molecular weight is 535 g/mol. The van der Waals surface area contributed by atoms with Crippen molar-refractivity contribution in [1.29, 1.82) is 0 Å². The molecule has 1 saturated carbocycles. The van der Waals surface area contributed by atoms with E-state index in [1.54, 1.807) is 6.92 Å². The van der Waals surface area contributed by atoms with E-state index >= 15 is 0 Å². The smallest absolute Gasteiger partial charge is 0.187 e. The number of hydrogen-bond acceptors (Lipinski definition) is 16. The Kier molecular flexibility index (Phi) is 11.8. The van der Waals surface area contributed by atoms with E-state index in [9.17, 15) is 56.2 Å². The molecule has 0 aromatic carbocycles. The SMILES string of the molecule is CC[C@H]1OC(CO)[C@H](O)[C@@H](O)C1O.OCC1O[C@@H](OC2C(O)C(O)C(O)C(O)[C@@H]2O)C(O)[C@H](O)[C@H]1O. The van der Waals surface area contributed by atoms with Crippen LogP contribution in [0.25, 0.3) is 0 Å². The zero-order valence-electron chi connectivity index (χ0n) is 19.4. The summed E-state index contributed by atoms with van der Waals surface area (Å²) in [6.45, 7) is 0.735. The molecule has 3 fully saturated rings. The molecule has 0 radical (unpaired) electrons. The van der Waals surface area contributed by atoms with Crippen LogP contribution in [0.4, 0.5) is 0 Å². The van der Waals surface area contributed by atoms with Crippen molar-refractivity contribution >= 4 is 0 Å². The first-order valence-corrected chi connectivity index (χ1v) is 11.5. The van der Waals surface area contributed by atoms with Crippen LogP contribution in [0, 0.1) is 0 Å². The summed E-state index contributed by atoms with van der Waals surface area (Å²) in [5.74, 6) is 0. The van der Waals surface area contributed by atoms with Crippen LogP contribution >= 0.6 is 0 Å². The first-order chi connectivity index (χ1) is 16.8. The first-order valence-electron chi connectivity index (χ1n) is 11.5. The van der Waals surface area contributed by atoms with Crippen LogP contribution in [-0.4, -0.2) is 177 Å². The lowest BCUT2D eigenvalue weighted by atomic mass is 9.84. The van der Waals surface area contributed by atoms with Crippen LogP contribution in [0.5, 0.6) is 0 Å². The summed E-state index contributed by atoms with van der Waals surface area (Å²) >= 11 is 0. The zero-order valence-corrected chi connectivity index (χ0v) is 19.4. The third-order valence-corrected chi connectivity index (χ3v) is 6.61. The van der Waals surface area contributed by atoms with Gasteiger partial charge in [0.15, 0.2) is 6.29 Å². The van der Waals surface area contributed by atoms with Crippen molar-refractivity contribution in [2.24, 2.45) is 0 Å². The van der Waals surface area contributed by atoms with Crippen LogP contribution < -0.4 is 0 Å². The predicted octanol–water partition coefficient (Wildman–Crippen LogP) is -7.77. The van der Waals surface area contributed by atoms with Crippen molar-refractivity contribution in [3.8, 4) is 0 Å². The highest BCUT2D eigenvalue weighted by atomic mass is 16.7. The van der Waals surface area contributed by atoms with E-state index in [1.165, 1.54) is 0 Å². The Morgan fingerprint density at radius 3 is 1.28 bits per heavy atom. The number of ether oxygens (including phenoxy) is 3. The van der Waals surface area contributed by atoms with Gasteiger partial charge in [0.25, 0.3) is 0 Å². The molecule has 2 aliphatic heterocycles. The van der Waals surface area contributed by atoms with E-state index in [4.69, 9.17) is 24.4 Å². The van der Waals surface area contributed by atoms with E-state index in [0.29, 0.717) is 6.42 Å². The highest BCUT2D eigenvalue weighted by Crippen LogP contribution is 2.29. The molecular formula is C20H38O16. The number of aliphatic hydroxyl groups is 13. The highest BCUT2D eigenvalue weighted by Gasteiger charge is 2.52. The minimum atomic E-state index is -1.83. The molecule has 2 saturated heterocycles. The lowest BCUT2D eigenvalue weighted by molar-refractivity contribution is -0.339. The van der Waals surface area contributed by atoms with Gasteiger partial charge in [-0.05, 0) is 6.42 Å². The maximum Gasteiger partial charge on any atom is 0.187 e. The van der Waals surface area contributed by atoms with Gasteiger partial charge < -0.3 is 80.6 Å². The quantitative estimate of drug-likeness (QED) is 0.156. The molecule has 1 aliphatic carbocycles. The van der Waals surface area contributed by atoms with Crippen molar-refractivity contribution in [1.82, 2.24) is 0 Å². The molecule has 9 unspecified atom stereocenters. The Morgan fingerprint density at radius 1 is 0.472 bits per heavy atom. The van der Waals surface area contributed by atoms with Crippen LogP contribution in [0.1, 0.15) is 13.3 Å².